The largest absolute Gasteiger partial charge is 0.550 e. The summed E-state index contributed by atoms with van der Waals surface area (Å²) in [6, 6.07) is 0. The number of carboxylic acid groups (broad SMARTS) is 1. The number of carbonyl (C=O) groups is 3. The lowest BCUT2D eigenvalue weighted by Crippen LogP contribution is -2.44. The maximum Gasteiger partial charge on any atom is 0.341 e. The van der Waals surface area contributed by atoms with Crippen LogP contribution in [0.2, 0.25) is 0 Å². The number of hydrogen-bond donors (Lipinski definition) is 1. The lowest BCUT2D eigenvalue weighted by Gasteiger charge is -2.30. The molecule has 1 N–H and O–H groups in total. The molecule has 6 nitrogen and oxygen atoms in total. The molecule has 4 atom stereocenters. The molecule has 2 bridgehead atoms. The quantitative estimate of drug-likeness (QED) is 0.751. The van der Waals surface area contributed by atoms with Crippen molar-refractivity contribution in [3.63, 3.8) is 0 Å². The Hall–Kier alpha value is -1.89. The fourth-order valence-electron chi connectivity index (χ4n) is 4.78. The van der Waals surface area contributed by atoms with Crippen LogP contribution in [0.5, 0.6) is 0 Å². The van der Waals surface area contributed by atoms with Gasteiger partial charge in [-0.15, -0.1) is 11.3 Å². The van der Waals surface area contributed by atoms with E-state index in [1.807, 2.05) is 13.8 Å². The zero-order valence-corrected chi connectivity index (χ0v) is 17.0. The molecule has 1 heterocycles. The molecule has 148 valence electrons. The highest BCUT2D eigenvalue weighted by Crippen LogP contribution is 2.52. The van der Waals surface area contributed by atoms with Gasteiger partial charge in [-0.3, -0.25) is 4.79 Å². The van der Waals surface area contributed by atoms with Crippen molar-refractivity contribution in [1.29, 1.82) is 0 Å². The highest BCUT2D eigenvalue weighted by Gasteiger charge is 2.51. The zero-order chi connectivity index (χ0) is 19.9. The van der Waals surface area contributed by atoms with E-state index in [-0.39, 0.29) is 23.8 Å². The Bertz CT molecular complexity index is 769. The fraction of sp³-hybridized carbons (Fsp3) is 0.650. The summed E-state index contributed by atoms with van der Waals surface area (Å²) >= 11 is 1.34. The SMILES string of the molecule is CCc1c(C)sc(NC(=O)[C@@H]2[C@@H]3CC[C@@H](C3)[C@@H]2C(=O)[O-])c1C(=O)OC(C)C. The van der Waals surface area contributed by atoms with Gasteiger partial charge in [0.1, 0.15) is 5.00 Å². The molecule has 3 rings (SSSR count). The summed E-state index contributed by atoms with van der Waals surface area (Å²) in [6.45, 7) is 7.42. The van der Waals surface area contributed by atoms with Crippen molar-refractivity contribution >= 4 is 34.2 Å². The topological polar surface area (TPSA) is 95.5 Å². The van der Waals surface area contributed by atoms with Gasteiger partial charge in [0.2, 0.25) is 5.91 Å². The zero-order valence-electron chi connectivity index (χ0n) is 16.2. The van der Waals surface area contributed by atoms with Gasteiger partial charge >= 0.3 is 5.97 Å². The second-order valence-electron chi connectivity index (χ2n) is 7.84. The van der Waals surface area contributed by atoms with Crippen LogP contribution in [0.15, 0.2) is 0 Å². The molecule has 0 saturated heterocycles. The predicted molar refractivity (Wildman–Crippen MR) is 100 cm³/mol. The van der Waals surface area contributed by atoms with Crippen LogP contribution in [0.1, 0.15) is 60.8 Å². The molecular formula is C20H26NO5S-. The first-order chi connectivity index (χ1) is 12.7. The summed E-state index contributed by atoms with van der Waals surface area (Å²) in [5.41, 5.74) is 1.26. The van der Waals surface area contributed by atoms with Gasteiger partial charge in [0.05, 0.1) is 11.7 Å². The van der Waals surface area contributed by atoms with Crippen molar-refractivity contribution in [3.8, 4) is 0 Å². The van der Waals surface area contributed by atoms with Gasteiger partial charge in [0.15, 0.2) is 0 Å². The summed E-state index contributed by atoms with van der Waals surface area (Å²) in [6.07, 6.45) is 2.87. The minimum absolute atomic E-state index is 0.0254. The van der Waals surface area contributed by atoms with Crippen LogP contribution in [-0.2, 0) is 20.7 Å². The van der Waals surface area contributed by atoms with Crippen molar-refractivity contribution in [1.82, 2.24) is 0 Å². The van der Waals surface area contributed by atoms with Crippen LogP contribution in [0.3, 0.4) is 0 Å². The number of carbonyl (C=O) groups excluding carboxylic acids is 3. The van der Waals surface area contributed by atoms with Crippen molar-refractivity contribution < 1.29 is 24.2 Å². The van der Waals surface area contributed by atoms with Crippen molar-refractivity contribution in [2.75, 3.05) is 5.32 Å². The Morgan fingerprint density at radius 3 is 2.41 bits per heavy atom. The van der Waals surface area contributed by atoms with E-state index in [0.717, 1.165) is 29.7 Å². The van der Waals surface area contributed by atoms with E-state index in [4.69, 9.17) is 4.74 Å². The Balaban J connectivity index is 1.88. The molecule has 0 unspecified atom stereocenters. The molecule has 1 aromatic heterocycles. The number of nitrogens with one attached hydrogen (secondary N) is 1. The van der Waals surface area contributed by atoms with E-state index < -0.39 is 23.8 Å². The van der Waals surface area contributed by atoms with Gasteiger partial charge in [-0.25, -0.2) is 4.79 Å². The van der Waals surface area contributed by atoms with Crippen LogP contribution in [0.4, 0.5) is 5.00 Å². The number of esters is 1. The molecule has 0 spiro atoms. The van der Waals surface area contributed by atoms with E-state index in [9.17, 15) is 19.5 Å². The molecule has 0 aliphatic heterocycles. The van der Waals surface area contributed by atoms with E-state index in [0.29, 0.717) is 17.0 Å². The van der Waals surface area contributed by atoms with Crippen LogP contribution >= 0.6 is 11.3 Å². The van der Waals surface area contributed by atoms with Gasteiger partial charge in [-0.2, -0.15) is 0 Å². The van der Waals surface area contributed by atoms with Crippen LogP contribution in [0, 0.1) is 30.6 Å². The van der Waals surface area contributed by atoms with E-state index in [1.165, 1.54) is 11.3 Å². The van der Waals surface area contributed by atoms with E-state index >= 15 is 0 Å². The Morgan fingerprint density at radius 2 is 1.85 bits per heavy atom. The summed E-state index contributed by atoms with van der Waals surface area (Å²) in [4.78, 5) is 38.1. The lowest BCUT2D eigenvalue weighted by atomic mass is 9.79. The molecule has 2 aliphatic rings. The number of aryl methyl sites for hydroxylation is 1. The Labute approximate surface area is 163 Å². The number of carboxylic acids is 1. The van der Waals surface area contributed by atoms with Crippen molar-refractivity contribution in [2.24, 2.45) is 23.7 Å². The number of amides is 1. The molecule has 2 fully saturated rings. The normalized spacial score (nSPS) is 26.4. The average molecular weight is 392 g/mol. The minimum Gasteiger partial charge on any atom is -0.550 e. The molecule has 0 radical (unpaired) electrons. The average Bonchev–Trinajstić information content (AvgIpc) is 3.25. The fourth-order valence-corrected chi connectivity index (χ4v) is 5.92. The monoisotopic (exact) mass is 392 g/mol. The number of ether oxygens (including phenoxy) is 1. The van der Waals surface area contributed by atoms with Gasteiger partial charge < -0.3 is 20.0 Å². The first-order valence-electron chi connectivity index (χ1n) is 9.59. The summed E-state index contributed by atoms with van der Waals surface area (Å²) < 4.78 is 5.36. The molecular weight excluding hydrogens is 366 g/mol. The van der Waals surface area contributed by atoms with Gasteiger partial charge in [0, 0.05) is 22.7 Å². The maximum atomic E-state index is 13.0. The highest BCUT2D eigenvalue weighted by atomic mass is 32.1. The summed E-state index contributed by atoms with van der Waals surface area (Å²) in [7, 11) is 0. The van der Waals surface area contributed by atoms with Crippen molar-refractivity contribution in [2.45, 2.75) is 59.5 Å². The molecule has 2 saturated carbocycles. The smallest absolute Gasteiger partial charge is 0.341 e. The van der Waals surface area contributed by atoms with Gasteiger partial charge in [0.25, 0.3) is 0 Å². The number of fused-ring (bicyclic) bond motifs is 2. The number of thiophene rings is 1. The van der Waals surface area contributed by atoms with Crippen molar-refractivity contribution in [3.05, 3.63) is 16.0 Å². The second-order valence-corrected chi connectivity index (χ2v) is 9.07. The standard InChI is InChI=1S/C20H27NO5S/c1-5-13-10(4)27-18(16(13)20(25)26-9(2)3)21-17(22)14-11-6-7-12(8-11)15(14)19(23)24/h9,11-12,14-15H,5-8H2,1-4H3,(H,21,22)(H,23,24)/p-1/t11-,12+,14-,15+/m1/s1. The first kappa shape index (κ1) is 19.9. The van der Waals surface area contributed by atoms with Gasteiger partial charge in [-0.1, -0.05) is 6.92 Å². The molecule has 7 heteroatoms. The number of anilines is 1. The summed E-state index contributed by atoms with van der Waals surface area (Å²) in [5, 5.41) is 14.9. The third-order valence-electron chi connectivity index (χ3n) is 5.84. The molecule has 1 amide bonds. The number of rotatable bonds is 6. The predicted octanol–water partition coefficient (Wildman–Crippen LogP) is 2.53. The van der Waals surface area contributed by atoms with Crippen LogP contribution in [-0.4, -0.2) is 23.9 Å². The summed E-state index contributed by atoms with van der Waals surface area (Å²) in [5.74, 6) is -3.13. The molecule has 0 aromatic carbocycles. The Kier molecular flexibility index (Phi) is 5.60. The lowest BCUT2D eigenvalue weighted by molar-refractivity contribution is -0.314. The number of hydrogen-bond acceptors (Lipinski definition) is 6. The van der Waals surface area contributed by atoms with E-state index in [1.54, 1.807) is 13.8 Å². The third-order valence-corrected chi connectivity index (χ3v) is 6.90. The molecule has 2 aliphatic carbocycles. The van der Waals surface area contributed by atoms with E-state index in [2.05, 4.69) is 5.32 Å². The minimum atomic E-state index is -1.14. The Morgan fingerprint density at radius 1 is 1.22 bits per heavy atom. The third kappa shape index (κ3) is 3.61. The second kappa shape index (κ2) is 7.62. The highest BCUT2D eigenvalue weighted by molar-refractivity contribution is 7.16. The van der Waals surface area contributed by atoms with Gasteiger partial charge in [-0.05, 0) is 63.9 Å². The maximum absolute atomic E-state index is 13.0. The first-order valence-corrected chi connectivity index (χ1v) is 10.4. The van der Waals surface area contributed by atoms with Crippen LogP contribution in [0.25, 0.3) is 0 Å². The molecule has 1 aromatic rings. The number of aliphatic carboxylic acids is 1. The van der Waals surface area contributed by atoms with Crippen LogP contribution < -0.4 is 10.4 Å². The molecule has 27 heavy (non-hydrogen) atoms.